The molecule has 0 radical (unpaired) electrons. The number of amides is 1. The number of hydrogen-bond acceptors (Lipinski definition) is 2. The lowest BCUT2D eigenvalue weighted by Gasteiger charge is -2.16. The van der Waals surface area contributed by atoms with Crippen LogP contribution in [0, 0.1) is 0 Å². The Morgan fingerprint density at radius 3 is 2.85 bits per heavy atom. The number of carbonyl (C=O) groups excluding carboxylic acids is 1. The Balaban J connectivity index is 2.51. The molecular formula is C10H12N2O. The van der Waals surface area contributed by atoms with Gasteiger partial charge in [-0.25, -0.2) is 0 Å². The molecule has 68 valence electrons. The minimum atomic E-state index is 0.0873. The summed E-state index contributed by atoms with van der Waals surface area (Å²) in [6, 6.07) is 5.97. The van der Waals surface area contributed by atoms with E-state index in [1.54, 1.807) is 0 Å². The van der Waals surface area contributed by atoms with Crippen LogP contribution in [0.15, 0.2) is 18.2 Å². The molecule has 0 saturated carbocycles. The first-order valence-corrected chi connectivity index (χ1v) is 4.27. The van der Waals surface area contributed by atoms with Crippen LogP contribution in [-0.4, -0.2) is 20.0 Å². The smallest absolute Gasteiger partial charge is 0.228 e. The van der Waals surface area contributed by atoms with E-state index in [9.17, 15) is 4.79 Å². The number of nitrogens with one attached hydrogen (secondary N) is 1. The molecular weight excluding hydrogens is 164 g/mol. The lowest BCUT2D eigenvalue weighted by atomic mass is 10.1. The lowest BCUT2D eigenvalue weighted by molar-refractivity contribution is -0.115. The van der Waals surface area contributed by atoms with E-state index >= 15 is 0 Å². The Morgan fingerprint density at radius 1 is 1.38 bits per heavy atom. The lowest BCUT2D eigenvalue weighted by Crippen LogP contribution is -2.11. The van der Waals surface area contributed by atoms with Gasteiger partial charge >= 0.3 is 0 Å². The highest BCUT2D eigenvalue weighted by atomic mass is 16.1. The summed E-state index contributed by atoms with van der Waals surface area (Å²) in [5, 5.41) is 2.87. The minimum Gasteiger partial charge on any atom is -0.376 e. The van der Waals surface area contributed by atoms with Crippen LogP contribution in [0.2, 0.25) is 0 Å². The summed E-state index contributed by atoms with van der Waals surface area (Å²) in [5.74, 6) is 0.0873. The molecule has 1 amide bonds. The van der Waals surface area contributed by atoms with Gasteiger partial charge in [-0.05, 0) is 11.6 Å². The Hall–Kier alpha value is -1.51. The largest absolute Gasteiger partial charge is 0.376 e. The van der Waals surface area contributed by atoms with Gasteiger partial charge in [0.2, 0.25) is 5.91 Å². The maximum atomic E-state index is 11.1. The standard InChI is InChI=1S/C10H12N2O/c1-12(2)8-5-3-4-7-6-9(13)11-10(7)8/h3-5H,6H2,1-2H3,(H,11,13). The summed E-state index contributed by atoms with van der Waals surface area (Å²) in [6.45, 7) is 0. The third-order valence-electron chi connectivity index (χ3n) is 2.23. The highest BCUT2D eigenvalue weighted by Crippen LogP contribution is 2.32. The first-order valence-electron chi connectivity index (χ1n) is 4.27. The fourth-order valence-electron chi connectivity index (χ4n) is 1.61. The van der Waals surface area contributed by atoms with E-state index in [0.717, 1.165) is 16.9 Å². The van der Waals surface area contributed by atoms with Gasteiger partial charge in [0, 0.05) is 14.1 Å². The quantitative estimate of drug-likeness (QED) is 0.698. The van der Waals surface area contributed by atoms with Crippen molar-refractivity contribution in [1.82, 2.24) is 0 Å². The first-order chi connectivity index (χ1) is 6.18. The second-order valence-corrected chi connectivity index (χ2v) is 3.43. The van der Waals surface area contributed by atoms with Crippen molar-refractivity contribution in [3.8, 4) is 0 Å². The van der Waals surface area contributed by atoms with E-state index in [4.69, 9.17) is 0 Å². The van der Waals surface area contributed by atoms with E-state index in [1.165, 1.54) is 0 Å². The van der Waals surface area contributed by atoms with Gasteiger partial charge in [0.25, 0.3) is 0 Å². The molecule has 0 aliphatic carbocycles. The van der Waals surface area contributed by atoms with E-state index in [1.807, 2.05) is 37.2 Å². The average molecular weight is 176 g/mol. The van der Waals surface area contributed by atoms with Gasteiger partial charge in [0.1, 0.15) is 0 Å². The first kappa shape index (κ1) is 8.10. The molecule has 0 unspecified atom stereocenters. The van der Waals surface area contributed by atoms with Crippen molar-refractivity contribution in [1.29, 1.82) is 0 Å². The molecule has 1 aliphatic heterocycles. The fraction of sp³-hybridized carbons (Fsp3) is 0.300. The molecule has 0 saturated heterocycles. The van der Waals surface area contributed by atoms with Crippen molar-refractivity contribution in [2.45, 2.75) is 6.42 Å². The monoisotopic (exact) mass is 176 g/mol. The number of nitrogens with zero attached hydrogens (tertiary/aromatic N) is 1. The van der Waals surface area contributed by atoms with Crippen LogP contribution in [0.1, 0.15) is 5.56 Å². The second kappa shape index (κ2) is 2.76. The molecule has 2 rings (SSSR count). The summed E-state index contributed by atoms with van der Waals surface area (Å²) in [4.78, 5) is 13.1. The maximum absolute atomic E-state index is 11.1. The van der Waals surface area contributed by atoms with Gasteiger partial charge in [-0.2, -0.15) is 0 Å². The normalized spacial score (nSPS) is 13.8. The third-order valence-corrected chi connectivity index (χ3v) is 2.23. The molecule has 0 fully saturated rings. The van der Waals surface area contributed by atoms with Crippen LogP contribution < -0.4 is 10.2 Å². The number of hydrogen-bond donors (Lipinski definition) is 1. The van der Waals surface area contributed by atoms with Gasteiger partial charge in [0.15, 0.2) is 0 Å². The molecule has 1 N–H and O–H groups in total. The van der Waals surface area contributed by atoms with E-state index in [2.05, 4.69) is 5.32 Å². The number of fused-ring (bicyclic) bond motifs is 1. The summed E-state index contributed by atoms with van der Waals surface area (Å²) in [6.07, 6.45) is 0.511. The fourth-order valence-corrected chi connectivity index (χ4v) is 1.61. The highest BCUT2D eigenvalue weighted by molar-refractivity contribution is 6.02. The van der Waals surface area contributed by atoms with Crippen molar-refractivity contribution in [3.63, 3.8) is 0 Å². The number of rotatable bonds is 1. The molecule has 0 aromatic heterocycles. The number of anilines is 2. The summed E-state index contributed by atoms with van der Waals surface area (Å²) in [5.41, 5.74) is 3.14. The molecule has 1 aliphatic rings. The van der Waals surface area contributed by atoms with Crippen LogP contribution in [0.25, 0.3) is 0 Å². The van der Waals surface area contributed by atoms with Crippen molar-refractivity contribution >= 4 is 17.3 Å². The van der Waals surface area contributed by atoms with Gasteiger partial charge in [-0.15, -0.1) is 0 Å². The Bertz CT molecular complexity index is 358. The highest BCUT2D eigenvalue weighted by Gasteiger charge is 2.20. The maximum Gasteiger partial charge on any atom is 0.228 e. The van der Waals surface area contributed by atoms with Crippen molar-refractivity contribution in [3.05, 3.63) is 23.8 Å². The van der Waals surface area contributed by atoms with Crippen LogP contribution in [-0.2, 0) is 11.2 Å². The Morgan fingerprint density at radius 2 is 2.15 bits per heavy atom. The molecule has 3 nitrogen and oxygen atoms in total. The minimum absolute atomic E-state index is 0.0873. The average Bonchev–Trinajstić information content (AvgIpc) is 2.43. The summed E-state index contributed by atoms with van der Waals surface area (Å²) < 4.78 is 0. The molecule has 0 spiro atoms. The summed E-state index contributed by atoms with van der Waals surface area (Å²) in [7, 11) is 3.94. The topological polar surface area (TPSA) is 32.3 Å². The van der Waals surface area contributed by atoms with Gasteiger partial charge in [0.05, 0.1) is 17.8 Å². The summed E-state index contributed by atoms with van der Waals surface area (Å²) >= 11 is 0. The van der Waals surface area contributed by atoms with Crippen molar-refractivity contribution < 1.29 is 4.79 Å². The Kier molecular flexibility index (Phi) is 1.72. The number of para-hydroxylation sites is 1. The Labute approximate surface area is 77.4 Å². The zero-order chi connectivity index (χ0) is 9.42. The van der Waals surface area contributed by atoms with E-state index < -0.39 is 0 Å². The van der Waals surface area contributed by atoms with Gasteiger partial charge < -0.3 is 10.2 Å². The van der Waals surface area contributed by atoms with Crippen molar-refractivity contribution in [2.75, 3.05) is 24.3 Å². The molecule has 1 aromatic carbocycles. The molecule has 0 atom stereocenters. The molecule has 3 heteroatoms. The van der Waals surface area contributed by atoms with Crippen LogP contribution in [0.5, 0.6) is 0 Å². The SMILES string of the molecule is CN(C)c1cccc2c1NC(=O)C2. The van der Waals surface area contributed by atoms with Gasteiger partial charge in [-0.3, -0.25) is 4.79 Å². The van der Waals surface area contributed by atoms with Crippen LogP contribution >= 0.6 is 0 Å². The van der Waals surface area contributed by atoms with Crippen LogP contribution in [0.3, 0.4) is 0 Å². The van der Waals surface area contributed by atoms with Crippen molar-refractivity contribution in [2.24, 2.45) is 0 Å². The van der Waals surface area contributed by atoms with Crippen LogP contribution in [0.4, 0.5) is 11.4 Å². The third kappa shape index (κ3) is 1.26. The number of carbonyl (C=O) groups is 1. The molecule has 1 aromatic rings. The molecule has 0 bridgehead atoms. The predicted molar refractivity (Wildman–Crippen MR) is 53.1 cm³/mol. The molecule has 1 heterocycles. The second-order valence-electron chi connectivity index (χ2n) is 3.43. The molecule has 13 heavy (non-hydrogen) atoms. The zero-order valence-electron chi connectivity index (χ0n) is 7.79. The number of benzene rings is 1. The van der Waals surface area contributed by atoms with E-state index in [-0.39, 0.29) is 5.91 Å². The zero-order valence-corrected chi connectivity index (χ0v) is 7.79. The van der Waals surface area contributed by atoms with E-state index in [0.29, 0.717) is 6.42 Å². The predicted octanol–water partition coefficient (Wildman–Crippen LogP) is 1.25. The van der Waals surface area contributed by atoms with Gasteiger partial charge in [-0.1, -0.05) is 12.1 Å².